The second kappa shape index (κ2) is 6.72. The summed E-state index contributed by atoms with van der Waals surface area (Å²) in [7, 11) is -2.37. The second-order valence-electron chi connectivity index (χ2n) is 5.71. The molecule has 0 fully saturated rings. The Morgan fingerprint density at radius 2 is 1.84 bits per heavy atom. The van der Waals surface area contributed by atoms with Gasteiger partial charge in [0, 0.05) is 11.8 Å². The number of imidazole rings is 1. The molecule has 0 saturated carbocycles. The van der Waals surface area contributed by atoms with Crippen LogP contribution in [0.5, 0.6) is 5.75 Å². The molecule has 0 aliphatic heterocycles. The van der Waals surface area contributed by atoms with Crippen molar-refractivity contribution in [2.75, 3.05) is 7.11 Å². The molecule has 2 aromatic carbocycles. The predicted octanol–water partition coefficient (Wildman–Crippen LogP) is 3.67. The molecule has 25 heavy (non-hydrogen) atoms. The summed E-state index contributed by atoms with van der Waals surface area (Å²) in [5.41, 5.74) is 2.30. The molecule has 0 N–H and O–H groups in total. The minimum Gasteiger partial charge on any atom is -0.495 e. The van der Waals surface area contributed by atoms with Gasteiger partial charge < -0.3 is 4.74 Å². The predicted molar refractivity (Wildman–Crippen MR) is 97.4 cm³/mol. The van der Waals surface area contributed by atoms with Gasteiger partial charge in [0.1, 0.15) is 10.6 Å². The number of methoxy groups -OCH3 is 1. The van der Waals surface area contributed by atoms with E-state index in [1.54, 1.807) is 19.1 Å². The van der Waals surface area contributed by atoms with Gasteiger partial charge in [0.2, 0.25) is 0 Å². The molecule has 1 heterocycles. The first-order chi connectivity index (χ1) is 12.0. The molecule has 0 saturated heterocycles. The maximum atomic E-state index is 13.3. The van der Waals surface area contributed by atoms with Crippen molar-refractivity contribution >= 4 is 10.0 Å². The zero-order valence-corrected chi connectivity index (χ0v) is 15.2. The number of hydrogen-bond acceptors (Lipinski definition) is 4. The number of nitrogens with zero attached hydrogens (tertiary/aromatic N) is 2. The number of hydrogen-bond donors (Lipinski definition) is 0. The van der Waals surface area contributed by atoms with Crippen LogP contribution in [0.1, 0.15) is 18.2 Å². The van der Waals surface area contributed by atoms with Crippen molar-refractivity contribution < 1.29 is 13.2 Å². The molecule has 5 nitrogen and oxygen atoms in total. The molecule has 1 aromatic heterocycles. The lowest BCUT2D eigenvalue weighted by atomic mass is 10.2. The Morgan fingerprint density at radius 1 is 1.12 bits per heavy atom. The first-order valence-electron chi connectivity index (χ1n) is 8.01. The van der Waals surface area contributed by atoms with E-state index in [0.29, 0.717) is 17.3 Å². The van der Waals surface area contributed by atoms with Crippen LogP contribution in [0.25, 0.3) is 11.4 Å². The largest absolute Gasteiger partial charge is 0.495 e. The second-order valence-corrected chi connectivity index (χ2v) is 7.49. The molecular weight excluding hydrogens is 336 g/mol. The van der Waals surface area contributed by atoms with Crippen LogP contribution in [0, 0.1) is 6.92 Å². The lowest BCUT2D eigenvalue weighted by Gasteiger charge is -2.13. The molecule has 0 bridgehead atoms. The van der Waals surface area contributed by atoms with Gasteiger partial charge in [0.05, 0.1) is 12.8 Å². The topological polar surface area (TPSA) is 61.2 Å². The highest BCUT2D eigenvalue weighted by Crippen LogP contribution is 2.30. The molecule has 0 unspecified atom stereocenters. The fourth-order valence-electron chi connectivity index (χ4n) is 2.69. The van der Waals surface area contributed by atoms with E-state index >= 15 is 0 Å². The third-order valence-corrected chi connectivity index (χ3v) is 5.67. The molecule has 3 rings (SSSR count). The van der Waals surface area contributed by atoms with Crippen LogP contribution in [0.2, 0.25) is 0 Å². The molecular formula is C19H20N2O3S. The fraction of sp³-hybridized carbons (Fsp3) is 0.211. The summed E-state index contributed by atoms with van der Waals surface area (Å²) in [5.74, 6) is 0.713. The highest BCUT2D eigenvalue weighted by atomic mass is 32.2. The summed E-state index contributed by atoms with van der Waals surface area (Å²) in [6.45, 7) is 3.76. The quantitative estimate of drug-likeness (QED) is 0.700. The standard InChI is InChI=1S/C19H20N2O3S/c1-4-15-10-11-17(24-3)18(12-15)25(22,23)21-13-14(2)20-19(21)16-8-6-5-7-9-16/h5-13H,4H2,1-3H3. The Morgan fingerprint density at radius 3 is 2.48 bits per heavy atom. The lowest BCUT2D eigenvalue weighted by Crippen LogP contribution is -2.15. The summed E-state index contributed by atoms with van der Waals surface area (Å²) in [6.07, 6.45) is 2.27. The van der Waals surface area contributed by atoms with E-state index < -0.39 is 10.0 Å². The Labute approximate surface area is 148 Å². The van der Waals surface area contributed by atoms with Crippen molar-refractivity contribution in [3.05, 3.63) is 66.0 Å². The SMILES string of the molecule is CCc1ccc(OC)c(S(=O)(=O)n2cc(C)nc2-c2ccccc2)c1. The molecule has 0 radical (unpaired) electrons. The van der Waals surface area contributed by atoms with E-state index in [2.05, 4.69) is 4.98 Å². The summed E-state index contributed by atoms with van der Waals surface area (Å²) in [5, 5.41) is 0. The van der Waals surface area contributed by atoms with E-state index in [9.17, 15) is 8.42 Å². The van der Waals surface area contributed by atoms with Gasteiger partial charge in [0.15, 0.2) is 5.82 Å². The normalized spacial score (nSPS) is 11.5. The summed E-state index contributed by atoms with van der Waals surface area (Å²) in [4.78, 5) is 4.56. The van der Waals surface area contributed by atoms with Crippen molar-refractivity contribution in [2.45, 2.75) is 25.2 Å². The molecule has 6 heteroatoms. The van der Waals surface area contributed by atoms with Crippen LogP contribution in [-0.4, -0.2) is 24.5 Å². The number of rotatable bonds is 5. The third kappa shape index (κ3) is 3.17. The van der Waals surface area contributed by atoms with Crippen molar-refractivity contribution in [3.63, 3.8) is 0 Å². The van der Waals surface area contributed by atoms with Gasteiger partial charge >= 0.3 is 0 Å². The van der Waals surface area contributed by atoms with Crippen molar-refractivity contribution in [1.29, 1.82) is 0 Å². The highest BCUT2D eigenvalue weighted by Gasteiger charge is 2.26. The minimum atomic E-state index is -3.84. The zero-order chi connectivity index (χ0) is 18.0. The van der Waals surface area contributed by atoms with Crippen LogP contribution in [0.15, 0.2) is 59.6 Å². The van der Waals surface area contributed by atoms with Crippen LogP contribution in [0.3, 0.4) is 0 Å². The molecule has 0 spiro atoms. The van der Waals surface area contributed by atoms with Crippen molar-refractivity contribution in [2.24, 2.45) is 0 Å². The van der Waals surface area contributed by atoms with Crippen LogP contribution in [-0.2, 0) is 16.4 Å². The number of aryl methyl sites for hydroxylation is 2. The Hall–Kier alpha value is -2.60. The molecule has 0 aliphatic carbocycles. The van der Waals surface area contributed by atoms with Gasteiger partial charge in [-0.3, -0.25) is 0 Å². The maximum Gasteiger partial charge on any atom is 0.273 e. The molecule has 0 aliphatic rings. The number of ether oxygens (including phenoxy) is 1. The first kappa shape index (κ1) is 17.2. The molecule has 0 amide bonds. The van der Waals surface area contributed by atoms with Gasteiger partial charge in [0.25, 0.3) is 10.0 Å². The van der Waals surface area contributed by atoms with Crippen LogP contribution < -0.4 is 4.74 Å². The van der Waals surface area contributed by atoms with Gasteiger partial charge in [-0.15, -0.1) is 0 Å². The van der Waals surface area contributed by atoms with Gasteiger partial charge in [-0.05, 0) is 31.0 Å². The first-order valence-corrected chi connectivity index (χ1v) is 9.45. The van der Waals surface area contributed by atoms with E-state index in [-0.39, 0.29) is 4.90 Å². The summed E-state index contributed by atoms with van der Waals surface area (Å²) >= 11 is 0. The fourth-order valence-corrected chi connectivity index (χ4v) is 4.27. The van der Waals surface area contributed by atoms with Crippen molar-refractivity contribution in [1.82, 2.24) is 8.96 Å². The van der Waals surface area contributed by atoms with Gasteiger partial charge in [-0.1, -0.05) is 43.3 Å². The maximum absolute atomic E-state index is 13.3. The zero-order valence-electron chi connectivity index (χ0n) is 14.4. The number of aromatic nitrogens is 2. The minimum absolute atomic E-state index is 0.143. The molecule has 0 atom stereocenters. The monoisotopic (exact) mass is 356 g/mol. The van der Waals surface area contributed by atoms with E-state index in [0.717, 1.165) is 17.5 Å². The van der Waals surface area contributed by atoms with E-state index in [1.807, 2.05) is 43.3 Å². The Bertz CT molecular complexity index is 993. The van der Waals surface area contributed by atoms with Crippen molar-refractivity contribution in [3.8, 4) is 17.1 Å². The average molecular weight is 356 g/mol. The average Bonchev–Trinajstić information content (AvgIpc) is 3.04. The third-order valence-electron chi connectivity index (χ3n) is 4.00. The Balaban J connectivity index is 2.23. The van der Waals surface area contributed by atoms with E-state index in [4.69, 9.17) is 4.74 Å². The smallest absolute Gasteiger partial charge is 0.273 e. The highest BCUT2D eigenvalue weighted by molar-refractivity contribution is 7.90. The molecule has 130 valence electrons. The Kier molecular flexibility index (Phi) is 4.63. The van der Waals surface area contributed by atoms with Gasteiger partial charge in [-0.25, -0.2) is 17.4 Å². The van der Waals surface area contributed by atoms with E-state index in [1.165, 1.54) is 17.3 Å². The number of benzene rings is 2. The van der Waals surface area contributed by atoms with Crippen LogP contribution in [0.4, 0.5) is 0 Å². The lowest BCUT2D eigenvalue weighted by molar-refractivity contribution is 0.402. The molecule has 3 aromatic rings. The van der Waals surface area contributed by atoms with Gasteiger partial charge in [-0.2, -0.15) is 0 Å². The summed E-state index contributed by atoms with van der Waals surface area (Å²) < 4.78 is 33.2. The van der Waals surface area contributed by atoms with Crippen LogP contribution >= 0.6 is 0 Å². The summed E-state index contributed by atoms with van der Waals surface area (Å²) in [6, 6.07) is 14.5.